The lowest BCUT2D eigenvalue weighted by Gasteiger charge is -2.14. The number of alkyl halides is 2. The summed E-state index contributed by atoms with van der Waals surface area (Å²) in [6.45, 7) is 1.81. The maximum Gasteiger partial charge on any atom is 0.387 e. The van der Waals surface area contributed by atoms with Crippen LogP contribution in [0.25, 0.3) is 21.9 Å². The lowest BCUT2D eigenvalue weighted by atomic mass is 10.0. The molecule has 0 aliphatic heterocycles. The Morgan fingerprint density at radius 2 is 1.50 bits per heavy atom. The van der Waals surface area contributed by atoms with Crippen LogP contribution < -0.4 is 14.2 Å². The molecule has 0 amide bonds. The highest BCUT2D eigenvalue weighted by Gasteiger charge is 2.15. The molecular weight excluding hydrogens is 338 g/mol. The van der Waals surface area contributed by atoms with Crippen LogP contribution in [0.5, 0.6) is 17.2 Å². The van der Waals surface area contributed by atoms with E-state index in [0.717, 1.165) is 22.3 Å². The van der Waals surface area contributed by atoms with E-state index in [1.807, 2.05) is 49.4 Å². The number of halogens is 2. The minimum Gasteiger partial charge on any atom is -0.494 e. The molecule has 3 aromatic carbocycles. The zero-order valence-corrected chi connectivity index (χ0v) is 14.7. The number of benzene rings is 3. The molecule has 0 radical (unpaired) electrons. The van der Waals surface area contributed by atoms with Gasteiger partial charge in [-0.2, -0.15) is 8.78 Å². The van der Waals surface area contributed by atoms with Crippen molar-refractivity contribution in [1.82, 2.24) is 0 Å². The summed E-state index contributed by atoms with van der Waals surface area (Å²) in [7, 11) is 0. The Labute approximate surface area is 151 Å². The van der Waals surface area contributed by atoms with E-state index in [1.54, 1.807) is 19.1 Å². The first-order valence-electron chi connectivity index (χ1n) is 8.50. The average Bonchev–Trinajstić information content (AvgIpc) is 2.64. The van der Waals surface area contributed by atoms with Crippen molar-refractivity contribution in [2.75, 3.05) is 13.2 Å². The fourth-order valence-corrected chi connectivity index (χ4v) is 2.85. The van der Waals surface area contributed by atoms with Gasteiger partial charge in [0.15, 0.2) is 11.5 Å². The molecule has 0 bridgehead atoms. The van der Waals surface area contributed by atoms with E-state index in [0.29, 0.717) is 24.3 Å². The Morgan fingerprint density at radius 1 is 0.808 bits per heavy atom. The normalized spacial score (nSPS) is 11.0. The van der Waals surface area contributed by atoms with E-state index in [9.17, 15) is 8.78 Å². The first-order chi connectivity index (χ1) is 12.6. The molecule has 0 N–H and O–H groups in total. The van der Waals surface area contributed by atoms with Crippen molar-refractivity contribution in [3.63, 3.8) is 0 Å². The van der Waals surface area contributed by atoms with Crippen LogP contribution in [0.15, 0.2) is 54.6 Å². The maximum absolute atomic E-state index is 12.8. The van der Waals surface area contributed by atoms with Crippen LogP contribution in [0.2, 0.25) is 0 Å². The van der Waals surface area contributed by atoms with Gasteiger partial charge in [-0.3, -0.25) is 0 Å². The summed E-state index contributed by atoms with van der Waals surface area (Å²) < 4.78 is 41.3. The van der Waals surface area contributed by atoms with E-state index >= 15 is 0 Å². The van der Waals surface area contributed by atoms with E-state index < -0.39 is 6.61 Å². The quantitative estimate of drug-likeness (QED) is 0.526. The second kappa shape index (κ2) is 8.04. The highest BCUT2D eigenvalue weighted by atomic mass is 19.3. The molecule has 0 fully saturated rings. The van der Waals surface area contributed by atoms with Crippen molar-refractivity contribution in [3.05, 3.63) is 54.6 Å². The molecule has 0 aliphatic rings. The van der Waals surface area contributed by atoms with Crippen LogP contribution >= 0.6 is 0 Å². The highest BCUT2D eigenvalue weighted by molar-refractivity contribution is 5.93. The average molecular weight is 358 g/mol. The Bertz CT molecular complexity index is 876. The van der Waals surface area contributed by atoms with Crippen LogP contribution in [-0.4, -0.2) is 19.8 Å². The van der Waals surface area contributed by atoms with Crippen LogP contribution in [-0.2, 0) is 0 Å². The second-order valence-electron chi connectivity index (χ2n) is 5.60. The van der Waals surface area contributed by atoms with E-state index in [1.165, 1.54) is 0 Å². The first-order valence-corrected chi connectivity index (χ1v) is 8.50. The van der Waals surface area contributed by atoms with Gasteiger partial charge in [0.1, 0.15) is 5.75 Å². The molecule has 0 heterocycles. The fourth-order valence-electron chi connectivity index (χ4n) is 2.85. The zero-order chi connectivity index (χ0) is 18.5. The highest BCUT2D eigenvalue weighted by Crippen LogP contribution is 2.38. The number of hydrogen-bond donors (Lipinski definition) is 0. The molecule has 0 aliphatic carbocycles. The third-order valence-corrected chi connectivity index (χ3v) is 3.94. The molecule has 0 aromatic heterocycles. The van der Waals surface area contributed by atoms with Gasteiger partial charge < -0.3 is 14.2 Å². The summed E-state index contributed by atoms with van der Waals surface area (Å²) >= 11 is 0. The zero-order valence-electron chi connectivity index (χ0n) is 14.7. The molecule has 0 saturated carbocycles. The summed E-state index contributed by atoms with van der Waals surface area (Å²) in [5.74, 6) is 1.19. The summed E-state index contributed by atoms with van der Waals surface area (Å²) in [6, 6.07) is 16.9. The Kier molecular flexibility index (Phi) is 5.56. The minimum absolute atomic E-state index is 0.0672. The summed E-state index contributed by atoms with van der Waals surface area (Å²) in [5.41, 5.74) is 1.99. The summed E-state index contributed by atoms with van der Waals surface area (Å²) in [6.07, 6.45) is 0. The second-order valence-corrected chi connectivity index (χ2v) is 5.60. The topological polar surface area (TPSA) is 27.7 Å². The van der Waals surface area contributed by atoms with Gasteiger partial charge >= 0.3 is 6.61 Å². The number of rotatable bonds is 7. The van der Waals surface area contributed by atoms with Gasteiger partial charge in [-0.25, -0.2) is 0 Å². The van der Waals surface area contributed by atoms with Gasteiger partial charge in [-0.05, 0) is 60.7 Å². The van der Waals surface area contributed by atoms with Gasteiger partial charge in [0, 0.05) is 5.39 Å². The van der Waals surface area contributed by atoms with Gasteiger partial charge in [0.25, 0.3) is 0 Å². The van der Waals surface area contributed by atoms with Gasteiger partial charge in [0.2, 0.25) is 0 Å². The standard InChI is InChI=1S/C21H20F2O3/c1-3-24-17-9-5-14(6-10-17)15-7-11-18-16(13-15)8-12-19(25-4-2)20(18)26-21(22)23/h5-13,21H,3-4H2,1-2H3. The first kappa shape index (κ1) is 18.0. The molecular formula is C21H20F2O3. The lowest BCUT2D eigenvalue weighted by Crippen LogP contribution is -2.05. The van der Waals surface area contributed by atoms with Crippen LogP contribution in [0.4, 0.5) is 8.78 Å². The van der Waals surface area contributed by atoms with Gasteiger partial charge in [-0.1, -0.05) is 24.3 Å². The van der Waals surface area contributed by atoms with Gasteiger partial charge in [-0.15, -0.1) is 0 Å². The lowest BCUT2D eigenvalue weighted by molar-refractivity contribution is -0.0503. The Morgan fingerprint density at radius 3 is 2.15 bits per heavy atom. The summed E-state index contributed by atoms with van der Waals surface area (Å²) in [4.78, 5) is 0. The van der Waals surface area contributed by atoms with Crippen molar-refractivity contribution >= 4 is 10.8 Å². The molecule has 3 rings (SSSR count). The molecule has 5 heteroatoms. The van der Waals surface area contributed by atoms with E-state index in [2.05, 4.69) is 0 Å². The molecule has 136 valence electrons. The number of fused-ring (bicyclic) bond motifs is 1. The third-order valence-electron chi connectivity index (χ3n) is 3.94. The van der Waals surface area contributed by atoms with Crippen molar-refractivity contribution in [1.29, 1.82) is 0 Å². The van der Waals surface area contributed by atoms with E-state index in [4.69, 9.17) is 14.2 Å². The van der Waals surface area contributed by atoms with Crippen molar-refractivity contribution in [2.45, 2.75) is 20.5 Å². The van der Waals surface area contributed by atoms with Crippen molar-refractivity contribution in [3.8, 4) is 28.4 Å². The molecule has 3 aromatic rings. The number of ether oxygens (including phenoxy) is 3. The van der Waals surface area contributed by atoms with Crippen LogP contribution in [0.3, 0.4) is 0 Å². The smallest absolute Gasteiger partial charge is 0.387 e. The van der Waals surface area contributed by atoms with E-state index in [-0.39, 0.29) is 5.75 Å². The SMILES string of the molecule is CCOc1ccc(-c2ccc3c(OC(F)F)c(OCC)ccc3c2)cc1. The van der Waals surface area contributed by atoms with Crippen molar-refractivity contribution in [2.24, 2.45) is 0 Å². The third kappa shape index (κ3) is 3.87. The van der Waals surface area contributed by atoms with Crippen LogP contribution in [0, 0.1) is 0 Å². The van der Waals surface area contributed by atoms with Crippen LogP contribution in [0.1, 0.15) is 13.8 Å². The number of hydrogen-bond acceptors (Lipinski definition) is 3. The molecule has 0 atom stereocenters. The fraction of sp³-hybridized carbons (Fsp3) is 0.238. The predicted molar refractivity (Wildman–Crippen MR) is 98.4 cm³/mol. The Hall–Kier alpha value is -2.82. The summed E-state index contributed by atoms with van der Waals surface area (Å²) in [5, 5.41) is 1.39. The predicted octanol–water partition coefficient (Wildman–Crippen LogP) is 5.91. The molecule has 26 heavy (non-hydrogen) atoms. The molecule has 0 saturated heterocycles. The van der Waals surface area contributed by atoms with Gasteiger partial charge in [0.05, 0.1) is 13.2 Å². The van der Waals surface area contributed by atoms with Crippen molar-refractivity contribution < 1.29 is 23.0 Å². The molecule has 3 nitrogen and oxygen atoms in total. The molecule has 0 spiro atoms. The molecule has 0 unspecified atom stereocenters. The largest absolute Gasteiger partial charge is 0.494 e. The Balaban J connectivity index is 2.02. The minimum atomic E-state index is -2.91. The monoisotopic (exact) mass is 358 g/mol. The maximum atomic E-state index is 12.8.